The lowest BCUT2D eigenvalue weighted by atomic mass is 9.93. The molecule has 1 saturated heterocycles. The lowest BCUT2D eigenvalue weighted by molar-refractivity contribution is 0.0279. The highest BCUT2D eigenvalue weighted by Gasteiger charge is 2.44. The summed E-state index contributed by atoms with van der Waals surface area (Å²) in [6, 6.07) is 2.22. The van der Waals surface area contributed by atoms with Crippen LogP contribution in [0.4, 0.5) is 4.79 Å². The summed E-state index contributed by atoms with van der Waals surface area (Å²) in [6.07, 6.45) is 5.84. The number of hydrogen-bond acceptors (Lipinski definition) is 5. The van der Waals surface area contributed by atoms with Crippen LogP contribution in [0.1, 0.15) is 80.9 Å². The number of aryl methyl sites for hydroxylation is 2. The van der Waals surface area contributed by atoms with E-state index < -0.39 is 5.60 Å². The van der Waals surface area contributed by atoms with Crippen LogP contribution in [0.25, 0.3) is 27.1 Å². The number of amides is 1. The van der Waals surface area contributed by atoms with Crippen molar-refractivity contribution in [3.8, 4) is 11.3 Å². The minimum absolute atomic E-state index is 0.160. The fourth-order valence-electron chi connectivity index (χ4n) is 6.66. The smallest absolute Gasteiger partial charge is 0.410 e. The van der Waals surface area contributed by atoms with Crippen molar-refractivity contribution in [2.45, 2.75) is 78.7 Å². The third-order valence-electron chi connectivity index (χ3n) is 8.16. The Bertz CT molecular complexity index is 1490. The van der Waals surface area contributed by atoms with Crippen molar-refractivity contribution in [3.63, 3.8) is 0 Å². The maximum absolute atomic E-state index is 12.6. The number of hydrogen-bond donors (Lipinski definition) is 1. The van der Waals surface area contributed by atoms with E-state index in [2.05, 4.69) is 55.0 Å². The molecule has 2 aliphatic rings. The molecule has 0 aromatic carbocycles. The van der Waals surface area contributed by atoms with Gasteiger partial charge in [-0.3, -0.25) is 0 Å². The third-order valence-corrected chi connectivity index (χ3v) is 9.53. The van der Waals surface area contributed by atoms with Gasteiger partial charge in [0.2, 0.25) is 0 Å². The number of aromatic nitrogens is 4. The topological polar surface area (TPSA) is 75.5 Å². The second-order valence-corrected chi connectivity index (χ2v) is 13.4. The Kier molecular flexibility index (Phi) is 5.67. The van der Waals surface area contributed by atoms with E-state index in [1.54, 1.807) is 6.33 Å². The van der Waals surface area contributed by atoms with E-state index in [0.717, 1.165) is 42.7 Å². The number of likely N-dealkylation sites (tertiary alicyclic amines) is 1. The Morgan fingerprint density at radius 2 is 1.89 bits per heavy atom. The average Bonchev–Trinajstić information content (AvgIpc) is 3.58. The second kappa shape index (κ2) is 8.58. The van der Waals surface area contributed by atoms with Crippen LogP contribution in [0.15, 0.2) is 18.6 Å². The van der Waals surface area contributed by atoms with Gasteiger partial charge in [-0.25, -0.2) is 14.3 Å². The van der Waals surface area contributed by atoms with E-state index in [-0.39, 0.29) is 6.09 Å². The molecule has 3 atom stereocenters. The van der Waals surface area contributed by atoms with Gasteiger partial charge < -0.3 is 14.6 Å². The summed E-state index contributed by atoms with van der Waals surface area (Å²) < 4.78 is 7.51. The van der Waals surface area contributed by atoms with E-state index in [1.165, 1.54) is 31.9 Å². The van der Waals surface area contributed by atoms with Crippen LogP contribution < -0.4 is 0 Å². The van der Waals surface area contributed by atoms with Gasteiger partial charge in [0.15, 0.2) is 5.65 Å². The number of aromatic amines is 1. The molecule has 7 nitrogen and oxygen atoms in total. The molecule has 5 heterocycles. The normalized spacial score (nSPS) is 22.1. The summed E-state index contributed by atoms with van der Waals surface area (Å²) in [4.78, 5) is 25.5. The molecule has 0 bridgehead atoms. The van der Waals surface area contributed by atoms with Gasteiger partial charge in [0.25, 0.3) is 0 Å². The van der Waals surface area contributed by atoms with Crippen molar-refractivity contribution in [1.29, 1.82) is 0 Å². The summed E-state index contributed by atoms with van der Waals surface area (Å²) in [5.41, 5.74) is 6.75. The second-order valence-electron chi connectivity index (χ2n) is 12.4. The number of nitrogens with one attached hydrogen (secondary N) is 1. The van der Waals surface area contributed by atoms with E-state index in [0.29, 0.717) is 23.7 Å². The number of rotatable bonds is 3. The number of ether oxygens (including phenoxy) is 1. The largest absolute Gasteiger partial charge is 0.444 e. The number of fused-ring (bicyclic) bond motifs is 3. The monoisotopic (exact) mass is 519 g/mol. The molecule has 1 aliphatic heterocycles. The van der Waals surface area contributed by atoms with Gasteiger partial charge in [-0.2, -0.15) is 5.10 Å². The number of H-pyrrole nitrogens is 1. The summed E-state index contributed by atoms with van der Waals surface area (Å²) in [5, 5.41) is 5.79. The lowest BCUT2D eigenvalue weighted by Gasteiger charge is -2.25. The minimum atomic E-state index is -0.445. The SMILES string of the molecule is Cc1c([C@@H]2C[C@@H]3CN(C(=O)OC(C)(C)C)C[C@@H]3C2)sc2[nH]c(-c3cc(C)c4ncnn4c3)c(C(C)C)c12. The molecule has 1 aliphatic carbocycles. The first-order chi connectivity index (χ1) is 17.5. The third kappa shape index (κ3) is 4.13. The van der Waals surface area contributed by atoms with Gasteiger partial charge in [0, 0.05) is 35.1 Å². The van der Waals surface area contributed by atoms with Crippen LogP contribution in [0.2, 0.25) is 0 Å². The summed E-state index contributed by atoms with van der Waals surface area (Å²) in [6.45, 7) is 16.4. The highest BCUT2D eigenvalue weighted by Crippen LogP contribution is 2.51. The van der Waals surface area contributed by atoms with Crippen molar-refractivity contribution in [2.75, 3.05) is 13.1 Å². The van der Waals surface area contributed by atoms with Crippen molar-refractivity contribution in [3.05, 3.63) is 40.2 Å². The molecule has 0 radical (unpaired) electrons. The van der Waals surface area contributed by atoms with Crippen LogP contribution in [0.5, 0.6) is 0 Å². The maximum Gasteiger partial charge on any atom is 0.410 e. The molecule has 0 spiro atoms. The van der Waals surface area contributed by atoms with Crippen LogP contribution in [-0.4, -0.2) is 49.3 Å². The zero-order valence-electron chi connectivity index (χ0n) is 22.9. The molecule has 1 N–H and O–H groups in total. The van der Waals surface area contributed by atoms with Gasteiger partial charge in [-0.05, 0) is 93.9 Å². The predicted octanol–water partition coefficient (Wildman–Crippen LogP) is 7.04. The molecule has 4 aromatic rings. The van der Waals surface area contributed by atoms with Crippen LogP contribution in [0.3, 0.4) is 0 Å². The molecule has 1 amide bonds. The fourth-order valence-corrected chi connectivity index (χ4v) is 8.02. The molecule has 8 heteroatoms. The Balaban J connectivity index is 1.29. The average molecular weight is 520 g/mol. The predicted molar refractivity (Wildman–Crippen MR) is 148 cm³/mol. The van der Waals surface area contributed by atoms with E-state index >= 15 is 0 Å². The zero-order valence-corrected chi connectivity index (χ0v) is 23.7. The molecular formula is C29H37N5O2S. The van der Waals surface area contributed by atoms with Crippen LogP contribution in [-0.2, 0) is 4.74 Å². The minimum Gasteiger partial charge on any atom is -0.444 e. The number of nitrogens with zero attached hydrogens (tertiary/aromatic N) is 4. The number of pyridine rings is 1. The number of carbonyl (C=O) groups excluding carboxylic acids is 1. The van der Waals surface area contributed by atoms with Gasteiger partial charge in [-0.1, -0.05) is 13.8 Å². The molecule has 1 saturated carbocycles. The summed E-state index contributed by atoms with van der Waals surface area (Å²) >= 11 is 1.94. The van der Waals surface area contributed by atoms with Gasteiger partial charge >= 0.3 is 6.09 Å². The molecule has 0 unspecified atom stereocenters. The lowest BCUT2D eigenvalue weighted by Crippen LogP contribution is -2.36. The van der Waals surface area contributed by atoms with Crippen molar-refractivity contribution >= 4 is 33.3 Å². The number of carbonyl (C=O) groups is 1. The van der Waals surface area contributed by atoms with Crippen molar-refractivity contribution in [2.24, 2.45) is 11.8 Å². The highest BCUT2D eigenvalue weighted by atomic mass is 32.1. The standard InChI is InChI=1S/C29H37N5O2S/c1-15(2)22-23-17(4)25(18-9-19-11-33(12-20(19)10-18)28(35)36-29(5,6)7)37-27(23)32-24(22)21-8-16(3)26-30-14-31-34(26)13-21/h8,13-15,18-20,32H,9-12H2,1-7H3/t18-,19-,20+. The van der Waals surface area contributed by atoms with E-state index in [4.69, 9.17) is 4.74 Å². The summed E-state index contributed by atoms with van der Waals surface area (Å²) in [7, 11) is 0. The van der Waals surface area contributed by atoms with Crippen LogP contribution >= 0.6 is 11.3 Å². The molecule has 196 valence electrons. The van der Waals surface area contributed by atoms with E-state index in [9.17, 15) is 4.79 Å². The molecule has 6 rings (SSSR count). The first kappa shape index (κ1) is 24.5. The Morgan fingerprint density at radius 1 is 1.19 bits per heavy atom. The molecule has 4 aromatic heterocycles. The Hall–Kier alpha value is -2.87. The summed E-state index contributed by atoms with van der Waals surface area (Å²) in [5.74, 6) is 2.09. The first-order valence-electron chi connectivity index (χ1n) is 13.4. The van der Waals surface area contributed by atoms with Crippen molar-refractivity contribution < 1.29 is 9.53 Å². The fraction of sp³-hybridized carbons (Fsp3) is 0.552. The van der Waals surface area contributed by atoms with Crippen molar-refractivity contribution in [1.82, 2.24) is 24.5 Å². The van der Waals surface area contributed by atoms with Gasteiger partial charge in [0.1, 0.15) is 16.8 Å². The first-order valence-corrected chi connectivity index (χ1v) is 14.2. The Morgan fingerprint density at radius 3 is 2.54 bits per heavy atom. The quantitative estimate of drug-likeness (QED) is 0.315. The number of thiophene rings is 1. The van der Waals surface area contributed by atoms with Gasteiger partial charge in [-0.15, -0.1) is 11.3 Å². The van der Waals surface area contributed by atoms with Crippen LogP contribution in [0, 0.1) is 25.7 Å². The van der Waals surface area contributed by atoms with E-state index in [1.807, 2.05) is 41.5 Å². The molecule has 37 heavy (non-hydrogen) atoms. The highest BCUT2D eigenvalue weighted by molar-refractivity contribution is 7.19. The Labute approximate surface area is 222 Å². The van der Waals surface area contributed by atoms with Gasteiger partial charge in [0.05, 0.1) is 5.69 Å². The maximum atomic E-state index is 12.6. The zero-order chi connectivity index (χ0) is 26.2. The molecular weight excluding hydrogens is 482 g/mol. The molecule has 2 fully saturated rings.